The van der Waals surface area contributed by atoms with Gasteiger partial charge in [-0.05, 0) is 17.2 Å². The number of nitrogens with zero attached hydrogens (tertiary/aromatic N) is 1. The second-order valence-electron chi connectivity index (χ2n) is 6.56. The van der Waals surface area contributed by atoms with Crippen LogP contribution in [-0.2, 0) is 24.9 Å². The smallest absolute Gasteiger partial charge is 0.169 e. The van der Waals surface area contributed by atoms with Gasteiger partial charge < -0.3 is 5.32 Å². The molecular formula is C17H20N2OS. The Kier molecular flexibility index (Phi) is 3.68. The fraction of sp³-hybridized carbons (Fsp3) is 0.412. The van der Waals surface area contributed by atoms with Crippen LogP contribution in [-0.4, -0.2) is 10.8 Å². The first-order valence-electron chi connectivity index (χ1n) is 7.24. The summed E-state index contributed by atoms with van der Waals surface area (Å²) in [5.74, 6) is 0.152. The van der Waals surface area contributed by atoms with Crippen molar-refractivity contribution in [2.24, 2.45) is 0 Å². The first-order chi connectivity index (χ1) is 9.93. The van der Waals surface area contributed by atoms with Gasteiger partial charge >= 0.3 is 0 Å². The molecule has 1 N–H and O–H groups in total. The maximum Gasteiger partial charge on any atom is 0.169 e. The average Bonchev–Trinajstić information content (AvgIpc) is 3.04. The Balaban J connectivity index is 1.76. The molecule has 3 nitrogen and oxygen atoms in total. The summed E-state index contributed by atoms with van der Waals surface area (Å²) in [4.78, 5) is 17.0. The molecule has 0 atom stereocenters. The molecule has 1 aliphatic rings. The zero-order valence-corrected chi connectivity index (χ0v) is 13.5. The lowest BCUT2D eigenvalue weighted by Gasteiger charge is -2.14. The van der Waals surface area contributed by atoms with Crippen LogP contribution in [0.5, 0.6) is 0 Å². The molecule has 21 heavy (non-hydrogen) atoms. The van der Waals surface area contributed by atoms with Gasteiger partial charge in [-0.25, -0.2) is 4.98 Å². The molecule has 1 aromatic carbocycles. The maximum atomic E-state index is 12.4. The summed E-state index contributed by atoms with van der Waals surface area (Å²) in [6.07, 6.45) is 0.396. The number of hydrogen-bond acceptors (Lipinski definition) is 4. The molecule has 4 heteroatoms. The molecule has 3 rings (SSSR count). The van der Waals surface area contributed by atoms with Crippen LogP contribution in [0.15, 0.2) is 23.6 Å². The van der Waals surface area contributed by atoms with E-state index in [1.165, 1.54) is 11.1 Å². The van der Waals surface area contributed by atoms with Crippen molar-refractivity contribution >= 4 is 17.1 Å². The molecule has 0 bridgehead atoms. The number of benzene rings is 1. The van der Waals surface area contributed by atoms with E-state index in [1.807, 2.05) is 12.1 Å². The topological polar surface area (TPSA) is 42.0 Å². The molecule has 0 aliphatic carbocycles. The van der Waals surface area contributed by atoms with Crippen LogP contribution in [0.25, 0.3) is 0 Å². The zero-order valence-electron chi connectivity index (χ0n) is 12.7. The van der Waals surface area contributed by atoms with Gasteiger partial charge in [0.05, 0.1) is 12.1 Å². The fourth-order valence-corrected chi connectivity index (χ4v) is 3.46. The molecule has 0 saturated heterocycles. The molecule has 0 fully saturated rings. The number of fused-ring (bicyclic) bond motifs is 1. The minimum Gasteiger partial charge on any atom is -0.309 e. The molecule has 0 unspecified atom stereocenters. The summed E-state index contributed by atoms with van der Waals surface area (Å²) < 4.78 is 0. The number of hydrogen-bond donors (Lipinski definition) is 1. The van der Waals surface area contributed by atoms with Gasteiger partial charge in [-0.15, -0.1) is 11.3 Å². The number of aromatic nitrogens is 1. The van der Waals surface area contributed by atoms with Gasteiger partial charge in [0, 0.05) is 29.4 Å². The molecule has 1 aliphatic heterocycles. The van der Waals surface area contributed by atoms with Crippen molar-refractivity contribution in [3.63, 3.8) is 0 Å². The third-order valence-electron chi connectivity index (χ3n) is 3.79. The van der Waals surface area contributed by atoms with Crippen molar-refractivity contribution in [3.05, 3.63) is 51.0 Å². The van der Waals surface area contributed by atoms with Gasteiger partial charge in [-0.1, -0.05) is 32.9 Å². The van der Waals surface area contributed by atoms with Crippen molar-refractivity contribution in [2.75, 3.05) is 0 Å². The highest BCUT2D eigenvalue weighted by molar-refractivity contribution is 7.09. The normalized spacial score (nSPS) is 14.2. The number of rotatable bonds is 3. The Morgan fingerprint density at radius 3 is 2.76 bits per heavy atom. The van der Waals surface area contributed by atoms with E-state index in [0.717, 1.165) is 29.4 Å². The first-order valence-corrected chi connectivity index (χ1v) is 8.12. The van der Waals surface area contributed by atoms with Crippen LogP contribution >= 0.6 is 11.3 Å². The molecule has 0 spiro atoms. The van der Waals surface area contributed by atoms with Crippen LogP contribution < -0.4 is 5.32 Å². The van der Waals surface area contributed by atoms with Gasteiger partial charge in [-0.3, -0.25) is 4.79 Å². The molecular weight excluding hydrogens is 280 g/mol. The van der Waals surface area contributed by atoms with E-state index in [2.05, 4.69) is 42.5 Å². The maximum absolute atomic E-state index is 12.4. The standard InChI is InChI=1S/C17H20N2OS/c1-17(2,3)15-10-21-16(19-15)7-14(20)11-4-5-12-8-18-9-13(12)6-11/h4-6,10,18H,7-9H2,1-3H3. The Hall–Kier alpha value is -1.52. The largest absolute Gasteiger partial charge is 0.309 e. The summed E-state index contributed by atoms with van der Waals surface area (Å²) in [7, 11) is 0. The second-order valence-corrected chi connectivity index (χ2v) is 7.51. The number of carbonyl (C=O) groups is 1. The number of thiazole rings is 1. The third kappa shape index (κ3) is 3.06. The van der Waals surface area contributed by atoms with Crippen molar-refractivity contribution in [2.45, 2.75) is 45.7 Å². The van der Waals surface area contributed by atoms with E-state index in [-0.39, 0.29) is 11.2 Å². The number of nitrogens with one attached hydrogen (secondary N) is 1. The highest BCUT2D eigenvalue weighted by Gasteiger charge is 2.19. The van der Waals surface area contributed by atoms with Crippen LogP contribution in [0.3, 0.4) is 0 Å². The Morgan fingerprint density at radius 2 is 2.05 bits per heavy atom. The summed E-state index contributed by atoms with van der Waals surface area (Å²) in [6, 6.07) is 6.02. The van der Waals surface area contributed by atoms with Crippen LogP contribution in [0.2, 0.25) is 0 Å². The minimum atomic E-state index is 0.0387. The highest BCUT2D eigenvalue weighted by atomic mass is 32.1. The second kappa shape index (κ2) is 5.35. The van der Waals surface area contributed by atoms with E-state index in [4.69, 9.17) is 0 Å². The quantitative estimate of drug-likeness (QED) is 0.883. The van der Waals surface area contributed by atoms with Gasteiger partial charge in [0.25, 0.3) is 0 Å². The molecule has 0 radical (unpaired) electrons. The SMILES string of the molecule is CC(C)(C)c1csc(CC(=O)c2ccc3c(c2)CNC3)n1. The molecule has 2 heterocycles. The lowest BCUT2D eigenvalue weighted by molar-refractivity contribution is 0.0992. The van der Waals surface area contributed by atoms with E-state index in [0.29, 0.717) is 6.42 Å². The van der Waals surface area contributed by atoms with E-state index < -0.39 is 0 Å². The summed E-state index contributed by atoms with van der Waals surface area (Å²) >= 11 is 1.58. The van der Waals surface area contributed by atoms with Crippen molar-refractivity contribution < 1.29 is 4.79 Å². The van der Waals surface area contributed by atoms with Gasteiger partial charge in [0.2, 0.25) is 0 Å². The van der Waals surface area contributed by atoms with Crippen molar-refractivity contribution in [3.8, 4) is 0 Å². The Labute approximate surface area is 129 Å². The van der Waals surface area contributed by atoms with Gasteiger partial charge in [-0.2, -0.15) is 0 Å². The predicted octanol–water partition coefficient (Wildman–Crippen LogP) is 3.47. The lowest BCUT2D eigenvalue weighted by Crippen LogP contribution is -2.12. The van der Waals surface area contributed by atoms with Crippen LogP contribution in [0.1, 0.15) is 53.0 Å². The average molecular weight is 300 g/mol. The number of carbonyl (C=O) groups excluding carboxylic acids is 1. The molecule has 2 aromatic rings. The van der Waals surface area contributed by atoms with Crippen molar-refractivity contribution in [1.82, 2.24) is 10.3 Å². The third-order valence-corrected chi connectivity index (χ3v) is 4.64. The first kappa shape index (κ1) is 14.4. The Morgan fingerprint density at radius 1 is 1.29 bits per heavy atom. The molecule has 110 valence electrons. The molecule has 1 aromatic heterocycles. The zero-order chi connectivity index (χ0) is 15.0. The minimum absolute atomic E-state index is 0.0387. The highest BCUT2D eigenvalue weighted by Crippen LogP contribution is 2.25. The Bertz CT molecular complexity index is 682. The number of Topliss-reactive ketones (excluding diaryl/α,β-unsaturated/α-hetero) is 1. The van der Waals surface area contributed by atoms with E-state index in [1.54, 1.807) is 11.3 Å². The summed E-state index contributed by atoms with van der Waals surface area (Å²) in [5.41, 5.74) is 4.45. The van der Waals surface area contributed by atoms with Gasteiger partial charge in [0.1, 0.15) is 5.01 Å². The van der Waals surface area contributed by atoms with Crippen LogP contribution in [0, 0.1) is 0 Å². The van der Waals surface area contributed by atoms with Crippen molar-refractivity contribution in [1.29, 1.82) is 0 Å². The van der Waals surface area contributed by atoms with E-state index >= 15 is 0 Å². The van der Waals surface area contributed by atoms with Crippen LogP contribution in [0.4, 0.5) is 0 Å². The predicted molar refractivity (Wildman–Crippen MR) is 85.8 cm³/mol. The monoisotopic (exact) mass is 300 g/mol. The molecule has 0 saturated carbocycles. The summed E-state index contributed by atoms with van der Waals surface area (Å²) in [6.45, 7) is 8.19. The lowest BCUT2D eigenvalue weighted by atomic mass is 9.93. The van der Waals surface area contributed by atoms with Gasteiger partial charge in [0.15, 0.2) is 5.78 Å². The number of ketones is 1. The molecule has 0 amide bonds. The summed E-state index contributed by atoms with van der Waals surface area (Å²) in [5, 5.41) is 6.27. The van der Waals surface area contributed by atoms with E-state index in [9.17, 15) is 4.79 Å². The fourth-order valence-electron chi connectivity index (χ4n) is 2.44.